The molecule has 2 aromatic rings. The van der Waals surface area contributed by atoms with Crippen LogP contribution in [0.4, 0.5) is 29.3 Å². The van der Waals surface area contributed by atoms with Crippen molar-refractivity contribution in [3.8, 4) is 5.75 Å². The second kappa shape index (κ2) is 8.70. The molecule has 0 unspecified atom stereocenters. The molecule has 0 radical (unpaired) electrons. The number of anilines is 1. The summed E-state index contributed by atoms with van der Waals surface area (Å²) < 4.78 is 42.9. The second-order valence-corrected chi connectivity index (χ2v) is 5.25. The van der Waals surface area contributed by atoms with Gasteiger partial charge in [-0.1, -0.05) is 6.07 Å². The largest absolute Gasteiger partial charge is 0.484 e. The fourth-order valence-corrected chi connectivity index (χ4v) is 1.91. The van der Waals surface area contributed by atoms with Crippen LogP contribution in [0.5, 0.6) is 5.75 Å². The molecular formula is C16H13F3N4O5. The summed E-state index contributed by atoms with van der Waals surface area (Å²) in [7, 11) is 0. The molecule has 0 aromatic heterocycles. The number of rotatable bonds is 5. The van der Waals surface area contributed by atoms with Crippen molar-refractivity contribution in [2.45, 2.75) is 6.18 Å². The topological polar surface area (TPSA) is 123 Å². The lowest BCUT2D eigenvalue weighted by molar-refractivity contribution is -0.384. The van der Waals surface area contributed by atoms with Gasteiger partial charge in [0.1, 0.15) is 5.75 Å². The molecule has 9 nitrogen and oxygen atoms in total. The molecule has 0 saturated carbocycles. The number of carbonyl (C=O) groups excluding carboxylic acids is 2. The van der Waals surface area contributed by atoms with Gasteiger partial charge in [0, 0.05) is 17.8 Å². The predicted molar refractivity (Wildman–Crippen MR) is 90.3 cm³/mol. The first-order valence-corrected chi connectivity index (χ1v) is 7.55. The number of nitrogens with zero attached hydrogens (tertiary/aromatic N) is 1. The van der Waals surface area contributed by atoms with Gasteiger partial charge >= 0.3 is 12.2 Å². The molecule has 12 heteroatoms. The highest BCUT2D eigenvalue weighted by Gasteiger charge is 2.30. The highest BCUT2D eigenvalue weighted by Crippen LogP contribution is 2.30. The normalized spacial score (nSPS) is 10.7. The Balaban J connectivity index is 1.78. The van der Waals surface area contributed by atoms with E-state index < -0.39 is 35.2 Å². The number of carbonyl (C=O) groups is 2. The Labute approximate surface area is 155 Å². The Hall–Kier alpha value is -3.83. The van der Waals surface area contributed by atoms with Crippen LogP contribution in [0.3, 0.4) is 0 Å². The first-order chi connectivity index (χ1) is 13.1. The monoisotopic (exact) mass is 398 g/mol. The number of nitrogens with one attached hydrogen (secondary N) is 3. The van der Waals surface area contributed by atoms with E-state index in [9.17, 15) is 32.9 Å². The van der Waals surface area contributed by atoms with E-state index in [2.05, 4.69) is 5.32 Å². The maximum absolute atomic E-state index is 12.6. The average molecular weight is 398 g/mol. The number of benzene rings is 2. The van der Waals surface area contributed by atoms with Crippen LogP contribution in [0.15, 0.2) is 48.5 Å². The first-order valence-electron chi connectivity index (χ1n) is 7.55. The molecule has 28 heavy (non-hydrogen) atoms. The maximum Gasteiger partial charge on any atom is 0.416 e. The van der Waals surface area contributed by atoms with Crippen molar-refractivity contribution in [3.05, 3.63) is 64.2 Å². The molecule has 0 atom stereocenters. The van der Waals surface area contributed by atoms with Gasteiger partial charge in [0.15, 0.2) is 6.61 Å². The molecule has 0 saturated heterocycles. The van der Waals surface area contributed by atoms with E-state index in [1.165, 1.54) is 30.3 Å². The van der Waals surface area contributed by atoms with Crippen molar-refractivity contribution in [2.75, 3.05) is 11.9 Å². The van der Waals surface area contributed by atoms with E-state index in [1.54, 1.807) is 0 Å². The van der Waals surface area contributed by atoms with Crippen LogP contribution in [-0.4, -0.2) is 23.5 Å². The second-order valence-electron chi connectivity index (χ2n) is 5.25. The van der Waals surface area contributed by atoms with Gasteiger partial charge in [0.25, 0.3) is 11.6 Å². The number of nitro benzene ring substituents is 1. The fraction of sp³-hybridized carbons (Fsp3) is 0.125. The van der Waals surface area contributed by atoms with Crippen molar-refractivity contribution in [1.82, 2.24) is 10.9 Å². The predicted octanol–water partition coefficient (Wildman–Crippen LogP) is 2.85. The van der Waals surface area contributed by atoms with E-state index in [-0.39, 0.29) is 17.1 Å². The van der Waals surface area contributed by atoms with Gasteiger partial charge in [-0.3, -0.25) is 20.3 Å². The summed E-state index contributed by atoms with van der Waals surface area (Å²) in [5.41, 5.74) is 2.73. The van der Waals surface area contributed by atoms with Crippen molar-refractivity contribution in [3.63, 3.8) is 0 Å². The minimum Gasteiger partial charge on any atom is -0.484 e. The third-order valence-electron chi connectivity index (χ3n) is 3.18. The molecule has 148 valence electrons. The van der Waals surface area contributed by atoms with Crippen LogP contribution in [0.2, 0.25) is 0 Å². The number of hydrazine groups is 1. The zero-order chi connectivity index (χ0) is 20.7. The summed E-state index contributed by atoms with van der Waals surface area (Å²) in [5.74, 6) is -0.577. The fourth-order valence-electron chi connectivity index (χ4n) is 1.91. The quantitative estimate of drug-likeness (QED) is 0.528. The zero-order valence-corrected chi connectivity index (χ0v) is 13.9. The number of ether oxygens (including phenoxy) is 1. The Bertz CT molecular complexity index is 871. The molecule has 0 aliphatic rings. The minimum absolute atomic E-state index is 0.122. The molecule has 0 fully saturated rings. The molecule has 2 rings (SSSR count). The molecular weight excluding hydrogens is 385 g/mol. The lowest BCUT2D eigenvalue weighted by Gasteiger charge is -2.11. The molecule has 0 spiro atoms. The van der Waals surface area contributed by atoms with Gasteiger partial charge in [-0.2, -0.15) is 13.2 Å². The third-order valence-corrected chi connectivity index (χ3v) is 3.18. The highest BCUT2D eigenvalue weighted by molar-refractivity contribution is 5.91. The van der Waals surface area contributed by atoms with Crippen LogP contribution in [0.1, 0.15) is 5.56 Å². The Kier molecular flexibility index (Phi) is 6.37. The Morgan fingerprint density at radius 2 is 1.75 bits per heavy atom. The minimum atomic E-state index is -4.56. The highest BCUT2D eigenvalue weighted by atomic mass is 19.4. The van der Waals surface area contributed by atoms with Gasteiger partial charge in [0.05, 0.1) is 10.5 Å². The Morgan fingerprint density at radius 3 is 2.36 bits per heavy atom. The van der Waals surface area contributed by atoms with Crippen molar-refractivity contribution >= 4 is 23.3 Å². The number of hydrogen-bond acceptors (Lipinski definition) is 5. The number of nitro groups is 1. The third kappa shape index (κ3) is 6.16. The van der Waals surface area contributed by atoms with E-state index in [0.29, 0.717) is 0 Å². The molecule has 0 aliphatic carbocycles. The molecule has 0 heterocycles. The molecule has 2 aromatic carbocycles. The number of hydrogen-bond donors (Lipinski definition) is 3. The summed E-state index contributed by atoms with van der Waals surface area (Å²) in [4.78, 5) is 33.2. The average Bonchev–Trinajstić information content (AvgIpc) is 2.64. The Morgan fingerprint density at radius 1 is 1.07 bits per heavy atom. The van der Waals surface area contributed by atoms with E-state index in [1.807, 2.05) is 10.9 Å². The lowest BCUT2D eigenvalue weighted by atomic mass is 10.2. The van der Waals surface area contributed by atoms with Gasteiger partial charge in [-0.15, -0.1) is 0 Å². The van der Waals surface area contributed by atoms with Crippen molar-refractivity contribution in [2.24, 2.45) is 0 Å². The van der Waals surface area contributed by atoms with Crippen molar-refractivity contribution in [1.29, 1.82) is 0 Å². The smallest absolute Gasteiger partial charge is 0.416 e. The number of alkyl halides is 3. The van der Waals surface area contributed by atoms with Crippen LogP contribution in [-0.2, 0) is 11.0 Å². The van der Waals surface area contributed by atoms with E-state index >= 15 is 0 Å². The van der Waals surface area contributed by atoms with Crippen LogP contribution >= 0.6 is 0 Å². The molecule has 3 N–H and O–H groups in total. The first kappa shape index (κ1) is 20.5. The zero-order valence-electron chi connectivity index (χ0n) is 13.9. The van der Waals surface area contributed by atoms with Gasteiger partial charge in [-0.05, 0) is 30.3 Å². The number of non-ortho nitro benzene ring substituents is 1. The van der Waals surface area contributed by atoms with Gasteiger partial charge < -0.3 is 10.1 Å². The van der Waals surface area contributed by atoms with Crippen LogP contribution in [0.25, 0.3) is 0 Å². The lowest BCUT2D eigenvalue weighted by Crippen LogP contribution is -2.45. The molecule has 3 amide bonds. The number of halogens is 3. The SMILES string of the molecule is O=C(COc1ccc([N+](=O)[O-])cc1)NNC(=O)Nc1cccc(C(F)(F)F)c1. The summed E-state index contributed by atoms with van der Waals surface area (Å²) in [5, 5.41) is 12.7. The summed E-state index contributed by atoms with van der Waals surface area (Å²) >= 11 is 0. The van der Waals surface area contributed by atoms with Gasteiger partial charge in [0.2, 0.25) is 0 Å². The number of urea groups is 1. The standard InChI is InChI=1S/C16H13F3N4O5/c17-16(18,19)10-2-1-3-11(8-10)20-15(25)22-21-14(24)9-28-13-6-4-12(5-7-13)23(26)27/h1-8H,9H2,(H,21,24)(H2,20,22,25). The van der Waals surface area contributed by atoms with Crippen LogP contribution in [0, 0.1) is 10.1 Å². The van der Waals surface area contributed by atoms with Gasteiger partial charge in [-0.25, -0.2) is 10.2 Å². The molecule has 0 aliphatic heterocycles. The maximum atomic E-state index is 12.6. The molecule has 0 bridgehead atoms. The van der Waals surface area contributed by atoms with E-state index in [4.69, 9.17) is 4.74 Å². The van der Waals surface area contributed by atoms with Crippen molar-refractivity contribution < 1.29 is 32.4 Å². The summed E-state index contributed by atoms with van der Waals surface area (Å²) in [6, 6.07) is 7.94. The summed E-state index contributed by atoms with van der Waals surface area (Å²) in [6.07, 6.45) is -4.56. The summed E-state index contributed by atoms with van der Waals surface area (Å²) in [6.45, 7) is -0.512. The van der Waals surface area contributed by atoms with Crippen LogP contribution < -0.4 is 20.9 Å². The van der Waals surface area contributed by atoms with E-state index in [0.717, 1.165) is 18.2 Å². The number of amides is 3.